The molecule has 26 heavy (non-hydrogen) atoms. The Bertz CT molecular complexity index is 839. The van der Waals surface area contributed by atoms with Gasteiger partial charge in [0.1, 0.15) is 0 Å². The molecule has 1 aliphatic heterocycles. The molecule has 1 heterocycles. The Balaban J connectivity index is 1.68. The molecular formula is C18H17ClN2O5. The topological polar surface area (TPSA) is 101 Å². The number of hydrogen-bond donors (Lipinski definition) is 3. The second kappa shape index (κ2) is 7.13. The SMILES string of the molecule is O=C(c1cc(O)c(O)c(O)c1)N1CCN(C(=O)c2ccccc2Cl)CC1. The normalized spacial score (nSPS) is 14.3. The molecule has 1 saturated heterocycles. The molecule has 7 nitrogen and oxygen atoms in total. The number of carbonyl (C=O) groups is 2. The molecule has 2 amide bonds. The predicted molar refractivity (Wildman–Crippen MR) is 94.7 cm³/mol. The standard InChI is InChI=1S/C18H17ClN2O5/c19-13-4-2-1-3-12(13)18(26)21-7-5-20(6-8-21)17(25)11-9-14(22)16(24)15(23)10-11/h1-4,9-10,22-24H,5-8H2. The van der Waals surface area contributed by atoms with Crippen molar-refractivity contribution in [3.05, 3.63) is 52.5 Å². The number of halogens is 1. The van der Waals surface area contributed by atoms with Crippen molar-refractivity contribution < 1.29 is 24.9 Å². The van der Waals surface area contributed by atoms with Gasteiger partial charge in [0.25, 0.3) is 11.8 Å². The molecule has 1 aliphatic rings. The van der Waals surface area contributed by atoms with Gasteiger partial charge in [-0.3, -0.25) is 9.59 Å². The van der Waals surface area contributed by atoms with E-state index in [9.17, 15) is 24.9 Å². The average molecular weight is 377 g/mol. The van der Waals surface area contributed by atoms with Gasteiger partial charge < -0.3 is 25.1 Å². The molecule has 0 saturated carbocycles. The van der Waals surface area contributed by atoms with E-state index in [1.807, 2.05) is 0 Å². The van der Waals surface area contributed by atoms with Gasteiger partial charge in [-0.25, -0.2) is 0 Å². The third kappa shape index (κ3) is 3.39. The number of amides is 2. The van der Waals surface area contributed by atoms with Crippen molar-refractivity contribution in [1.29, 1.82) is 0 Å². The van der Waals surface area contributed by atoms with E-state index in [0.717, 1.165) is 12.1 Å². The van der Waals surface area contributed by atoms with Crippen LogP contribution in [0.4, 0.5) is 0 Å². The fraction of sp³-hybridized carbons (Fsp3) is 0.222. The molecule has 3 rings (SSSR count). The van der Waals surface area contributed by atoms with Gasteiger partial charge in [0, 0.05) is 31.7 Å². The molecule has 0 atom stereocenters. The summed E-state index contributed by atoms with van der Waals surface area (Å²) in [6.45, 7) is 1.28. The predicted octanol–water partition coefficient (Wildman–Crippen LogP) is 2.05. The molecule has 2 aromatic rings. The number of nitrogens with zero attached hydrogens (tertiary/aromatic N) is 2. The van der Waals surface area contributed by atoms with Crippen LogP contribution < -0.4 is 0 Å². The number of piperazine rings is 1. The smallest absolute Gasteiger partial charge is 0.255 e. The number of benzene rings is 2. The van der Waals surface area contributed by atoms with Crippen LogP contribution in [0.1, 0.15) is 20.7 Å². The molecule has 0 bridgehead atoms. The summed E-state index contributed by atoms with van der Waals surface area (Å²) in [6, 6.07) is 8.99. The zero-order valence-corrected chi connectivity index (χ0v) is 14.5. The van der Waals surface area contributed by atoms with Crippen LogP contribution in [0.2, 0.25) is 5.02 Å². The Morgan fingerprint density at radius 3 is 1.88 bits per heavy atom. The Morgan fingerprint density at radius 2 is 1.35 bits per heavy atom. The molecule has 0 unspecified atom stereocenters. The summed E-state index contributed by atoms with van der Waals surface area (Å²) in [5, 5.41) is 28.8. The first kappa shape index (κ1) is 17.9. The molecule has 1 fully saturated rings. The average Bonchev–Trinajstić information content (AvgIpc) is 2.65. The maximum Gasteiger partial charge on any atom is 0.255 e. The number of aromatic hydroxyl groups is 3. The summed E-state index contributed by atoms with van der Waals surface area (Å²) in [6.07, 6.45) is 0. The lowest BCUT2D eigenvalue weighted by Crippen LogP contribution is -2.50. The Hall–Kier alpha value is -2.93. The van der Waals surface area contributed by atoms with Crippen molar-refractivity contribution in [3.63, 3.8) is 0 Å². The summed E-state index contributed by atoms with van der Waals surface area (Å²) >= 11 is 6.06. The van der Waals surface area contributed by atoms with E-state index in [4.69, 9.17) is 11.6 Å². The third-order valence-corrected chi connectivity index (χ3v) is 4.60. The summed E-state index contributed by atoms with van der Waals surface area (Å²) < 4.78 is 0. The Morgan fingerprint density at radius 1 is 0.846 bits per heavy atom. The molecular weight excluding hydrogens is 360 g/mol. The second-order valence-corrected chi connectivity index (χ2v) is 6.33. The van der Waals surface area contributed by atoms with Gasteiger partial charge in [0.05, 0.1) is 10.6 Å². The minimum Gasteiger partial charge on any atom is -0.504 e. The van der Waals surface area contributed by atoms with Crippen LogP contribution >= 0.6 is 11.6 Å². The zero-order chi connectivity index (χ0) is 18.8. The minimum atomic E-state index is -0.670. The van der Waals surface area contributed by atoms with Gasteiger partial charge >= 0.3 is 0 Å². The molecule has 0 spiro atoms. The van der Waals surface area contributed by atoms with Crippen LogP contribution in [-0.4, -0.2) is 63.1 Å². The lowest BCUT2D eigenvalue weighted by atomic mass is 10.1. The number of phenolic OH excluding ortho intramolecular Hbond substituents is 3. The van der Waals surface area contributed by atoms with E-state index >= 15 is 0 Å². The molecule has 8 heteroatoms. The first-order valence-corrected chi connectivity index (χ1v) is 8.34. The largest absolute Gasteiger partial charge is 0.504 e. The summed E-state index contributed by atoms with van der Waals surface area (Å²) in [4.78, 5) is 28.2. The van der Waals surface area contributed by atoms with Gasteiger partial charge in [-0.15, -0.1) is 0 Å². The number of hydrogen-bond acceptors (Lipinski definition) is 5. The van der Waals surface area contributed by atoms with E-state index < -0.39 is 23.2 Å². The van der Waals surface area contributed by atoms with Crippen LogP contribution in [0.25, 0.3) is 0 Å². The van der Waals surface area contributed by atoms with Crippen LogP contribution in [0, 0.1) is 0 Å². The quantitative estimate of drug-likeness (QED) is 0.696. The van der Waals surface area contributed by atoms with E-state index in [-0.39, 0.29) is 11.5 Å². The fourth-order valence-corrected chi connectivity index (χ4v) is 3.04. The van der Waals surface area contributed by atoms with Crippen molar-refractivity contribution >= 4 is 23.4 Å². The highest BCUT2D eigenvalue weighted by Gasteiger charge is 2.27. The van der Waals surface area contributed by atoms with E-state index in [1.165, 1.54) is 4.90 Å². The highest BCUT2D eigenvalue weighted by atomic mass is 35.5. The number of phenols is 3. The number of carbonyl (C=O) groups excluding carboxylic acids is 2. The molecule has 0 radical (unpaired) electrons. The van der Waals surface area contributed by atoms with Crippen molar-refractivity contribution in [2.24, 2.45) is 0 Å². The number of rotatable bonds is 2. The molecule has 0 aliphatic carbocycles. The lowest BCUT2D eigenvalue weighted by molar-refractivity contribution is 0.0535. The van der Waals surface area contributed by atoms with Crippen LogP contribution in [0.15, 0.2) is 36.4 Å². The van der Waals surface area contributed by atoms with Crippen LogP contribution in [0.5, 0.6) is 17.2 Å². The second-order valence-electron chi connectivity index (χ2n) is 5.93. The van der Waals surface area contributed by atoms with Crippen molar-refractivity contribution in [2.45, 2.75) is 0 Å². The first-order valence-electron chi connectivity index (χ1n) is 7.96. The minimum absolute atomic E-state index is 0.0590. The van der Waals surface area contributed by atoms with Crippen LogP contribution in [0.3, 0.4) is 0 Å². The summed E-state index contributed by atoms with van der Waals surface area (Å²) in [5.41, 5.74) is 0.478. The summed E-state index contributed by atoms with van der Waals surface area (Å²) in [5.74, 6) is -2.40. The maximum absolute atomic E-state index is 12.5. The van der Waals surface area contributed by atoms with Crippen molar-refractivity contribution in [2.75, 3.05) is 26.2 Å². The molecule has 136 valence electrons. The van der Waals surface area contributed by atoms with E-state index in [0.29, 0.717) is 36.8 Å². The van der Waals surface area contributed by atoms with Gasteiger partial charge in [-0.2, -0.15) is 0 Å². The maximum atomic E-state index is 12.5. The third-order valence-electron chi connectivity index (χ3n) is 4.27. The highest BCUT2D eigenvalue weighted by Crippen LogP contribution is 2.35. The zero-order valence-electron chi connectivity index (χ0n) is 13.7. The highest BCUT2D eigenvalue weighted by molar-refractivity contribution is 6.33. The van der Waals surface area contributed by atoms with Crippen LogP contribution in [-0.2, 0) is 0 Å². The lowest BCUT2D eigenvalue weighted by Gasteiger charge is -2.35. The van der Waals surface area contributed by atoms with E-state index in [2.05, 4.69) is 0 Å². The molecule has 3 N–H and O–H groups in total. The summed E-state index contributed by atoms with van der Waals surface area (Å²) in [7, 11) is 0. The van der Waals surface area contributed by atoms with E-state index in [1.54, 1.807) is 29.2 Å². The van der Waals surface area contributed by atoms with Crippen molar-refractivity contribution in [3.8, 4) is 17.2 Å². The van der Waals surface area contributed by atoms with Gasteiger partial charge in [-0.1, -0.05) is 23.7 Å². The Kier molecular flexibility index (Phi) is 4.90. The van der Waals surface area contributed by atoms with Gasteiger partial charge in [0.15, 0.2) is 17.2 Å². The van der Waals surface area contributed by atoms with Crippen molar-refractivity contribution in [1.82, 2.24) is 9.80 Å². The first-order chi connectivity index (χ1) is 12.4. The Labute approximate surface area is 154 Å². The molecule has 0 aromatic heterocycles. The molecule has 2 aromatic carbocycles. The van der Waals surface area contributed by atoms with Gasteiger partial charge in [0.2, 0.25) is 0 Å². The van der Waals surface area contributed by atoms with Gasteiger partial charge in [-0.05, 0) is 24.3 Å². The fourth-order valence-electron chi connectivity index (χ4n) is 2.83. The monoisotopic (exact) mass is 376 g/mol.